The van der Waals surface area contributed by atoms with E-state index < -0.39 is 17.8 Å². The van der Waals surface area contributed by atoms with Crippen LogP contribution in [0.1, 0.15) is 16.7 Å². The van der Waals surface area contributed by atoms with E-state index in [0.29, 0.717) is 5.69 Å². The van der Waals surface area contributed by atoms with Crippen LogP contribution in [0.25, 0.3) is 17.0 Å². The molecule has 6 heteroatoms. The number of carbonyl (C=O) groups is 3. The normalized spacial score (nSPS) is 16.2. The van der Waals surface area contributed by atoms with E-state index in [0.717, 1.165) is 32.5 Å². The van der Waals surface area contributed by atoms with Crippen molar-refractivity contribution in [3.8, 4) is 0 Å². The van der Waals surface area contributed by atoms with Gasteiger partial charge in [0.1, 0.15) is 5.57 Å². The second kappa shape index (κ2) is 6.49. The number of aromatic nitrogens is 1. The lowest BCUT2D eigenvalue weighted by Crippen LogP contribution is -2.54. The van der Waals surface area contributed by atoms with Crippen molar-refractivity contribution in [2.75, 3.05) is 4.90 Å². The summed E-state index contributed by atoms with van der Waals surface area (Å²) in [5.74, 6) is -1.32. The molecule has 1 aliphatic rings. The van der Waals surface area contributed by atoms with Crippen LogP contribution in [-0.4, -0.2) is 22.4 Å². The predicted octanol–water partition coefficient (Wildman–Crippen LogP) is 3.46. The van der Waals surface area contributed by atoms with Crippen LogP contribution in [0, 0.1) is 13.8 Å². The Balaban J connectivity index is 1.82. The number of hydrogen-bond acceptors (Lipinski definition) is 3. The highest BCUT2D eigenvalue weighted by Crippen LogP contribution is 2.28. The van der Waals surface area contributed by atoms with E-state index in [1.807, 2.05) is 68.1 Å². The van der Waals surface area contributed by atoms with Crippen LogP contribution in [0.2, 0.25) is 0 Å². The van der Waals surface area contributed by atoms with E-state index in [9.17, 15) is 14.4 Å². The number of urea groups is 1. The molecule has 6 nitrogen and oxygen atoms in total. The summed E-state index contributed by atoms with van der Waals surface area (Å²) in [4.78, 5) is 39.0. The Labute approximate surface area is 162 Å². The molecule has 0 aliphatic carbocycles. The number of barbiturate groups is 1. The minimum atomic E-state index is -0.739. The predicted molar refractivity (Wildman–Crippen MR) is 108 cm³/mol. The number of amides is 4. The van der Waals surface area contributed by atoms with Gasteiger partial charge in [-0.25, -0.2) is 9.69 Å². The van der Waals surface area contributed by atoms with Crippen molar-refractivity contribution in [1.29, 1.82) is 0 Å². The molecular weight excluding hydrogens is 354 g/mol. The molecule has 0 atom stereocenters. The average molecular weight is 373 g/mol. The number of nitrogens with zero attached hydrogens (tertiary/aromatic N) is 2. The molecule has 3 aromatic rings. The highest BCUT2D eigenvalue weighted by Gasteiger charge is 2.37. The van der Waals surface area contributed by atoms with Crippen molar-refractivity contribution in [2.24, 2.45) is 7.05 Å². The molecule has 4 amide bonds. The second-order valence-corrected chi connectivity index (χ2v) is 6.96. The van der Waals surface area contributed by atoms with E-state index >= 15 is 0 Å². The Morgan fingerprint density at radius 1 is 1.00 bits per heavy atom. The standard InChI is InChI=1S/C22H19N3O3/c1-13-8-9-18(14(2)10-13)25-21(27)17(20(26)23-22(25)28)11-15-12-24(3)19-7-5-4-6-16(15)19/h4-12H,1-3H3,(H,23,26,28)/b17-11-. The van der Waals surface area contributed by atoms with Gasteiger partial charge in [-0.1, -0.05) is 35.9 Å². The van der Waals surface area contributed by atoms with Gasteiger partial charge in [0.2, 0.25) is 0 Å². The average Bonchev–Trinajstić information content (AvgIpc) is 2.96. The third-order valence-corrected chi connectivity index (χ3v) is 4.92. The number of hydrogen-bond donors (Lipinski definition) is 1. The van der Waals surface area contributed by atoms with Crippen LogP contribution >= 0.6 is 0 Å². The zero-order chi connectivity index (χ0) is 20.0. The number of carbonyl (C=O) groups excluding carboxylic acids is 3. The van der Waals surface area contributed by atoms with Gasteiger partial charge in [-0.3, -0.25) is 14.9 Å². The molecular formula is C22H19N3O3. The third kappa shape index (κ3) is 2.79. The molecule has 1 aromatic heterocycles. The van der Waals surface area contributed by atoms with Gasteiger partial charge in [0, 0.05) is 29.7 Å². The quantitative estimate of drug-likeness (QED) is 0.552. The molecule has 1 saturated heterocycles. The largest absolute Gasteiger partial charge is 0.350 e. The molecule has 1 N–H and O–H groups in total. The Kier molecular flexibility index (Phi) is 4.11. The first-order valence-electron chi connectivity index (χ1n) is 8.89. The van der Waals surface area contributed by atoms with Gasteiger partial charge < -0.3 is 4.57 Å². The fraction of sp³-hybridized carbons (Fsp3) is 0.136. The summed E-state index contributed by atoms with van der Waals surface area (Å²) >= 11 is 0. The van der Waals surface area contributed by atoms with E-state index in [-0.39, 0.29) is 5.57 Å². The van der Waals surface area contributed by atoms with Crippen molar-refractivity contribution in [3.63, 3.8) is 0 Å². The molecule has 0 bridgehead atoms. The lowest BCUT2D eigenvalue weighted by atomic mass is 10.0. The summed E-state index contributed by atoms with van der Waals surface area (Å²) in [6.45, 7) is 3.76. The number of nitrogens with one attached hydrogen (secondary N) is 1. The molecule has 0 spiro atoms. The fourth-order valence-corrected chi connectivity index (χ4v) is 3.58. The lowest BCUT2D eigenvalue weighted by Gasteiger charge is -2.27. The molecule has 28 heavy (non-hydrogen) atoms. The minimum absolute atomic E-state index is 0.0732. The molecule has 2 aromatic carbocycles. The minimum Gasteiger partial charge on any atom is -0.350 e. The molecule has 140 valence electrons. The first kappa shape index (κ1) is 17.7. The van der Waals surface area contributed by atoms with E-state index in [4.69, 9.17) is 0 Å². The summed E-state index contributed by atoms with van der Waals surface area (Å²) in [5.41, 5.74) is 3.92. The summed E-state index contributed by atoms with van der Waals surface area (Å²) in [7, 11) is 1.90. The molecule has 2 heterocycles. The van der Waals surface area contributed by atoms with Crippen molar-refractivity contribution < 1.29 is 14.4 Å². The van der Waals surface area contributed by atoms with Gasteiger partial charge in [0.15, 0.2) is 0 Å². The number of aryl methyl sites for hydroxylation is 3. The zero-order valence-corrected chi connectivity index (χ0v) is 15.8. The van der Waals surface area contributed by atoms with Crippen LogP contribution < -0.4 is 10.2 Å². The molecule has 0 radical (unpaired) electrons. The summed E-state index contributed by atoms with van der Waals surface area (Å²) < 4.78 is 1.93. The van der Waals surface area contributed by atoms with Gasteiger partial charge >= 0.3 is 6.03 Å². The molecule has 4 rings (SSSR count). The van der Waals surface area contributed by atoms with Crippen LogP contribution in [0.5, 0.6) is 0 Å². The van der Waals surface area contributed by atoms with Crippen molar-refractivity contribution in [2.45, 2.75) is 13.8 Å². The molecule has 0 unspecified atom stereocenters. The number of imide groups is 2. The fourth-order valence-electron chi connectivity index (χ4n) is 3.58. The monoisotopic (exact) mass is 373 g/mol. The van der Waals surface area contributed by atoms with Gasteiger partial charge in [-0.05, 0) is 37.6 Å². The first-order chi connectivity index (χ1) is 13.4. The van der Waals surface area contributed by atoms with Crippen LogP contribution in [0.3, 0.4) is 0 Å². The van der Waals surface area contributed by atoms with Gasteiger partial charge in [-0.2, -0.15) is 0 Å². The number of rotatable bonds is 2. The topological polar surface area (TPSA) is 71.4 Å². The zero-order valence-electron chi connectivity index (χ0n) is 15.8. The maximum atomic E-state index is 13.1. The van der Waals surface area contributed by atoms with Crippen LogP contribution in [0.4, 0.5) is 10.5 Å². The van der Waals surface area contributed by atoms with E-state index in [2.05, 4.69) is 5.32 Å². The number of benzene rings is 2. The summed E-state index contributed by atoms with van der Waals surface area (Å²) in [5, 5.41) is 3.20. The van der Waals surface area contributed by atoms with Crippen molar-refractivity contribution in [1.82, 2.24) is 9.88 Å². The van der Waals surface area contributed by atoms with Gasteiger partial charge in [0.05, 0.1) is 5.69 Å². The van der Waals surface area contributed by atoms with E-state index in [1.54, 1.807) is 12.1 Å². The Bertz CT molecular complexity index is 1190. The summed E-state index contributed by atoms with van der Waals surface area (Å²) in [6.07, 6.45) is 3.40. The molecule has 0 saturated carbocycles. The lowest BCUT2D eigenvalue weighted by molar-refractivity contribution is -0.122. The number of fused-ring (bicyclic) bond motifs is 1. The Morgan fingerprint density at radius 2 is 1.75 bits per heavy atom. The van der Waals surface area contributed by atoms with Crippen molar-refractivity contribution >= 4 is 40.5 Å². The number of para-hydroxylation sites is 1. The van der Waals surface area contributed by atoms with E-state index in [1.165, 1.54) is 0 Å². The number of anilines is 1. The highest BCUT2D eigenvalue weighted by molar-refractivity contribution is 6.39. The Morgan fingerprint density at radius 3 is 2.50 bits per heavy atom. The van der Waals surface area contributed by atoms with Gasteiger partial charge in [-0.15, -0.1) is 0 Å². The summed E-state index contributed by atoms with van der Waals surface area (Å²) in [6, 6.07) is 12.4. The third-order valence-electron chi connectivity index (χ3n) is 4.92. The Hall–Kier alpha value is -3.67. The van der Waals surface area contributed by atoms with Gasteiger partial charge in [0.25, 0.3) is 11.8 Å². The smallest absolute Gasteiger partial charge is 0.335 e. The van der Waals surface area contributed by atoms with Crippen molar-refractivity contribution in [3.05, 3.63) is 70.9 Å². The maximum Gasteiger partial charge on any atom is 0.335 e. The second-order valence-electron chi connectivity index (χ2n) is 6.96. The van der Waals surface area contributed by atoms with Crippen LogP contribution in [0.15, 0.2) is 54.2 Å². The first-order valence-corrected chi connectivity index (χ1v) is 8.89. The molecule has 1 fully saturated rings. The molecule has 1 aliphatic heterocycles. The maximum absolute atomic E-state index is 13.1. The highest BCUT2D eigenvalue weighted by atomic mass is 16.2. The SMILES string of the molecule is Cc1ccc(N2C(=O)NC(=O)/C(=C/c3cn(C)c4ccccc34)C2=O)c(C)c1. The van der Waals surface area contributed by atoms with Crippen LogP contribution in [-0.2, 0) is 16.6 Å².